The molecule has 1 heterocycles. The van der Waals surface area contributed by atoms with Crippen molar-refractivity contribution in [2.45, 2.75) is 51.0 Å². The summed E-state index contributed by atoms with van der Waals surface area (Å²) in [5.74, 6) is 0.785. The lowest BCUT2D eigenvalue weighted by Crippen LogP contribution is -2.25. The van der Waals surface area contributed by atoms with E-state index >= 15 is 0 Å². The monoisotopic (exact) mass is 305 g/mol. The second-order valence-corrected chi connectivity index (χ2v) is 5.87. The predicted molar refractivity (Wildman–Crippen MR) is 88.2 cm³/mol. The van der Waals surface area contributed by atoms with Crippen molar-refractivity contribution in [3.8, 4) is 0 Å². The molecular weight excluding hydrogens is 278 g/mol. The first kappa shape index (κ1) is 16.7. The molecule has 0 saturated heterocycles. The fourth-order valence-electron chi connectivity index (χ4n) is 2.77. The molecule has 1 aromatic rings. The number of amides is 1. The molecular formula is C17H27N3O2. The number of carbonyl (C=O) groups excluding carboxylic acids is 1. The van der Waals surface area contributed by atoms with Crippen LogP contribution in [0.25, 0.3) is 0 Å². The number of hydrogen-bond donors (Lipinski definition) is 2. The van der Waals surface area contributed by atoms with E-state index in [-0.39, 0.29) is 5.91 Å². The number of aromatic nitrogens is 1. The highest BCUT2D eigenvalue weighted by atomic mass is 16.5. The minimum Gasteiger partial charge on any atom is -0.385 e. The van der Waals surface area contributed by atoms with Gasteiger partial charge in [-0.05, 0) is 31.4 Å². The first-order valence-electron chi connectivity index (χ1n) is 8.29. The Morgan fingerprint density at radius 2 is 2.05 bits per heavy atom. The van der Waals surface area contributed by atoms with Crippen molar-refractivity contribution in [1.82, 2.24) is 10.3 Å². The summed E-state index contributed by atoms with van der Waals surface area (Å²) >= 11 is 0. The number of carbonyl (C=O) groups is 1. The van der Waals surface area contributed by atoms with Gasteiger partial charge >= 0.3 is 0 Å². The Balaban J connectivity index is 1.80. The van der Waals surface area contributed by atoms with E-state index in [0.717, 1.165) is 12.2 Å². The van der Waals surface area contributed by atoms with Crippen LogP contribution in [-0.4, -0.2) is 37.2 Å². The first-order chi connectivity index (χ1) is 10.8. The minimum absolute atomic E-state index is 0.0791. The van der Waals surface area contributed by atoms with E-state index in [4.69, 9.17) is 4.74 Å². The van der Waals surface area contributed by atoms with Crippen LogP contribution in [-0.2, 0) is 4.74 Å². The van der Waals surface area contributed by atoms with E-state index < -0.39 is 0 Å². The molecule has 0 radical (unpaired) electrons. The maximum Gasteiger partial charge on any atom is 0.252 e. The standard InChI is InChI=1S/C17H27N3O2/c1-22-12-6-11-18-17(21)14-9-10-16(19-13-14)20-15-7-4-2-3-5-8-15/h9-10,13,15H,2-8,11-12H2,1H3,(H,18,21)(H,19,20). The molecule has 0 unspecified atom stereocenters. The van der Waals surface area contributed by atoms with Crippen molar-refractivity contribution in [3.05, 3.63) is 23.9 Å². The molecule has 0 aromatic carbocycles. The van der Waals surface area contributed by atoms with Crippen molar-refractivity contribution >= 4 is 11.7 Å². The lowest BCUT2D eigenvalue weighted by Gasteiger charge is -2.16. The largest absolute Gasteiger partial charge is 0.385 e. The van der Waals surface area contributed by atoms with Crippen LogP contribution >= 0.6 is 0 Å². The number of nitrogens with one attached hydrogen (secondary N) is 2. The van der Waals surface area contributed by atoms with Gasteiger partial charge in [-0.1, -0.05) is 25.7 Å². The average Bonchev–Trinajstić information content (AvgIpc) is 2.81. The third-order valence-electron chi connectivity index (χ3n) is 4.04. The highest BCUT2D eigenvalue weighted by molar-refractivity contribution is 5.94. The number of hydrogen-bond acceptors (Lipinski definition) is 4. The summed E-state index contributed by atoms with van der Waals surface area (Å²) in [7, 11) is 1.66. The second kappa shape index (κ2) is 9.41. The van der Waals surface area contributed by atoms with Crippen LogP contribution in [0, 0.1) is 0 Å². The molecule has 0 bridgehead atoms. The Hall–Kier alpha value is -1.62. The normalized spacial score (nSPS) is 16.0. The van der Waals surface area contributed by atoms with Gasteiger partial charge in [0.05, 0.1) is 5.56 Å². The number of methoxy groups -OCH3 is 1. The van der Waals surface area contributed by atoms with Crippen molar-refractivity contribution in [2.75, 3.05) is 25.6 Å². The smallest absolute Gasteiger partial charge is 0.252 e. The van der Waals surface area contributed by atoms with Crippen LogP contribution in [0.5, 0.6) is 0 Å². The topological polar surface area (TPSA) is 63.2 Å². The number of anilines is 1. The molecule has 2 N–H and O–H groups in total. The zero-order valence-electron chi connectivity index (χ0n) is 13.4. The van der Waals surface area contributed by atoms with Gasteiger partial charge in [0, 0.05) is 32.5 Å². The highest BCUT2D eigenvalue weighted by Gasteiger charge is 2.12. The van der Waals surface area contributed by atoms with E-state index in [1.807, 2.05) is 12.1 Å². The third-order valence-corrected chi connectivity index (χ3v) is 4.04. The number of ether oxygens (including phenoxy) is 1. The maximum absolute atomic E-state index is 11.9. The van der Waals surface area contributed by atoms with Crippen LogP contribution in [0.15, 0.2) is 18.3 Å². The fraction of sp³-hybridized carbons (Fsp3) is 0.647. The molecule has 122 valence electrons. The molecule has 2 rings (SSSR count). The summed E-state index contributed by atoms with van der Waals surface area (Å²) in [5.41, 5.74) is 0.601. The number of pyridine rings is 1. The van der Waals surface area contributed by atoms with Crippen molar-refractivity contribution in [1.29, 1.82) is 0 Å². The van der Waals surface area contributed by atoms with Gasteiger partial charge in [0.25, 0.3) is 5.91 Å². The summed E-state index contributed by atoms with van der Waals surface area (Å²) in [6.45, 7) is 1.28. The minimum atomic E-state index is -0.0791. The zero-order chi connectivity index (χ0) is 15.6. The number of nitrogens with zero attached hydrogens (tertiary/aromatic N) is 1. The fourth-order valence-corrected chi connectivity index (χ4v) is 2.77. The molecule has 1 amide bonds. The van der Waals surface area contributed by atoms with Crippen molar-refractivity contribution in [2.24, 2.45) is 0 Å². The summed E-state index contributed by atoms with van der Waals surface area (Å²) in [6.07, 6.45) is 10.1. The Labute approximate surface area is 132 Å². The third kappa shape index (κ3) is 5.64. The summed E-state index contributed by atoms with van der Waals surface area (Å²) < 4.78 is 4.95. The van der Waals surface area contributed by atoms with Crippen LogP contribution < -0.4 is 10.6 Å². The Kier molecular flexibility index (Phi) is 7.16. The van der Waals surface area contributed by atoms with Crippen LogP contribution in [0.3, 0.4) is 0 Å². The summed E-state index contributed by atoms with van der Waals surface area (Å²) in [6, 6.07) is 4.25. The molecule has 1 fully saturated rings. The van der Waals surface area contributed by atoms with Crippen molar-refractivity contribution < 1.29 is 9.53 Å². The van der Waals surface area contributed by atoms with Gasteiger partial charge in [0.2, 0.25) is 0 Å². The van der Waals surface area contributed by atoms with Gasteiger partial charge in [-0.2, -0.15) is 0 Å². The van der Waals surface area contributed by atoms with Crippen molar-refractivity contribution in [3.63, 3.8) is 0 Å². The predicted octanol–water partition coefficient (Wildman–Crippen LogP) is 2.98. The van der Waals surface area contributed by atoms with Gasteiger partial charge in [0.1, 0.15) is 5.82 Å². The Morgan fingerprint density at radius 3 is 2.68 bits per heavy atom. The molecule has 1 aromatic heterocycles. The SMILES string of the molecule is COCCCNC(=O)c1ccc(NC2CCCCCC2)nc1. The van der Waals surface area contributed by atoms with Gasteiger partial charge in [-0.15, -0.1) is 0 Å². The zero-order valence-corrected chi connectivity index (χ0v) is 13.4. The molecule has 1 aliphatic carbocycles. The lowest BCUT2D eigenvalue weighted by atomic mass is 10.1. The molecule has 5 heteroatoms. The first-order valence-corrected chi connectivity index (χ1v) is 8.29. The van der Waals surface area contributed by atoms with E-state index in [1.54, 1.807) is 13.3 Å². The van der Waals surface area contributed by atoms with E-state index in [0.29, 0.717) is 24.8 Å². The van der Waals surface area contributed by atoms with Gasteiger partial charge in [0.15, 0.2) is 0 Å². The maximum atomic E-state index is 11.9. The molecule has 22 heavy (non-hydrogen) atoms. The van der Waals surface area contributed by atoms with Crippen LogP contribution in [0.2, 0.25) is 0 Å². The number of rotatable bonds is 7. The highest BCUT2D eigenvalue weighted by Crippen LogP contribution is 2.20. The molecule has 5 nitrogen and oxygen atoms in total. The molecule has 1 aliphatic rings. The van der Waals surface area contributed by atoms with E-state index in [1.165, 1.54) is 38.5 Å². The molecule has 1 saturated carbocycles. The van der Waals surface area contributed by atoms with Crippen LogP contribution in [0.1, 0.15) is 55.3 Å². The quantitative estimate of drug-likeness (QED) is 0.600. The molecule has 0 aliphatic heterocycles. The lowest BCUT2D eigenvalue weighted by molar-refractivity contribution is 0.0948. The van der Waals surface area contributed by atoms with Gasteiger partial charge in [-0.3, -0.25) is 4.79 Å². The Bertz CT molecular complexity index is 440. The summed E-state index contributed by atoms with van der Waals surface area (Å²) in [5, 5.41) is 6.35. The second-order valence-electron chi connectivity index (χ2n) is 5.87. The van der Waals surface area contributed by atoms with Gasteiger partial charge in [-0.25, -0.2) is 4.98 Å². The molecule has 0 spiro atoms. The average molecular weight is 305 g/mol. The van der Waals surface area contributed by atoms with E-state index in [9.17, 15) is 4.79 Å². The Morgan fingerprint density at radius 1 is 1.27 bits per heavy atom. The molecule has 0 atom stereocenters. The summed E-state index contributed by atoms with van der Waals surface area (Å²) in [4.78, 5) is 16.3. The van der Waals surface area contributed by atoms with E-state index in [2.05, 4.69) is 15.6 Å². The van der Waals surface area contributed by atoms with Crippen LogP contribution in [0.4, 0.5) is 5.82 Å². The van der Waals surface area contributed by atoms with Gasteiger partial charge < -0.3 is 15.4 Å².